The first-order chi connectivity index (χ1) is 9.56. The molecular weight excluding hydrogens is 367 g/mol. The summed E-state index contributed by atoms with van der Waals surface area (Å²) in [6, 6.07) is 13.3. The van der Waals surface area contributed by atoms with Crippen LogP contribution in [0.5, 0.6) is 11.5 Å². The number of halogens is 1. The summed E-state index contributed by atoms with van der Waals surface area (Å²) >= 11 is 2.22. The van der Waals surface area contributed by atoms with Crippen LogP contribution in [0.4, 0.5) is 0 Å². The smallest absolute Gasteiger partial charge is 0.328 e. The van der Waals surface area contributed by atoms with E-state index in [0.29, 0.717) is 0 Å². The summed E-state index contributed by atoms with van der Waals surface area (Å²) in [6.07, 6.45) is 2.71. The van der Waals surface area contributed by atoms with E-state index < -0.39 is 5.97 Å². The maximum atomic E-state index is 10.5. The first-order valence-electron chi connectivity index (χ1n) is 6.00. The summed E-state index contributed by atoms with van der Waals surface area (Å²) < 4.78 is 6.86. The van der Waals surface area contributed by atoms with Gasteiger partial charge in [-0.05, 0) is 71.0 Å². The van der Waals surface area contributed by atoms with Crippen LogP contribution < -0.4 is 4.74 Å². The fraction of sp³-hybridized carbons (Fsp3) is 0.0625. The van der Waals surface area contributed by atoms with Gasteiger partial charge in [-0.3, -0.25) is 0 Å². The highest BCUT2D eigenvalue weighted by molar-refractivity contribution is 14.1. The number of hydrogen-bond acceptors (Lipinski definition) is 2. The molecule has 0 saturated heterocycles. The maximum absolute atomic E-state index is 10.5. The molecule has 0 spiro atoms. The lowest BCUT2D eigenvalue weighted by Gasteiger charge is -2.09. The lowest BCUT2D eigenvalue weighted by Crippen LogP contribution is -1.90. The molecular formula is C16H13IO3. The van der Waals surface area contributed by atoms with Gasteiger partial charge in [-0.2, -0.15) is 0 Å². The second-order valence-electron chi connectivity index (χ2n) is 4.22. The fourth-order valence-corrected chi connectivity index (χ4v) is 2.21. The first-order valence-corrected chi connectivity index (χ1v) is 7.08. The molecule has 102 valence electrons. The van der Waals surface area contributed by atoms with Crippen molar-refractivity contribution < 1.29 is 14.6 Å². The average molecular weight is 380 g/mol. The third kappa shape index (κ3) is 3.84. The SMILES string of the molecule is Cc1cc(Oc2ccccc2I)ccc1C=CC(=O)O. The largest absolute Gasteiger partial charge is 0.478 e. The molecule has 0 radical (unpaired) electrons. The Morgan fingerprint density at radius 2 is 2.00 bits per heavy atom. The summed E-state index contributed by atoms with van der Waals surface area (Å²) in [5.74, 6) is 0.587. The van der Waals surface area contributed by atoms with Crippen LogP contribution in [-0.4, -0.2) is 11.1 Å². The van der Waals surface area contributed by atoms with E-state index in [2.05, 4.69) is 22.6 Å². The van der Waals surface area contributed by atoms with Crippen molar-refractivity contribution in [3.63, 3.8) is 0 Å². The van der Waals surface area contributed by atoms with E-state index in [1.807, 2.05) is 49.4 Å². The van der Waals surface area contributed by atoms with Gasteiger partial charge in [-0.25, -0.2) is 4.79 Å². The minimum Gasteiger partial charge on any atom is -0.478 e. The summed E-state index contributed by atoms with van der Waals surface area (Å²) in [6.45, 7) is 1.92. The summed E-state index contributed by atoms with van der Waals surface area (Å²) in [7, 11) is 0. The maximum Gasteiger partial charge on any atom is 0.328 e. The first kappa shape index (κ1) is 14.6. The van der Waals surface area contributed by atoms with Crippen LogP contribution in [0.1, 0.15) is 11.1 Å². The number of aryl methyl sites for hydroxylation is 1. The molecule has 1 N–H and O–H groups in total. The average Bonchev–Trinajstić information content (AvgIpc) is 2.40. The molecule has 2 aromatic carbocycles. The molecule has 0 aliphatic heterocycles. The van der Waals surface area contributed by atoms with Crippen LogP contribution in [0.25, 0.3) is 6.08 Å². The highest BCUT2D eigenvalue weighted by Crippen LogP contribution is 2.27. The van der Waals surface area contributed by atoms with Crippen LogP contribution in [0, 0.1) is 10.5 Å². The quantitative estimate of drug-likeness (QED) is 0.628. The molecule has 0 saturated carbocycles. The molecule has 3 nitrogen and oxygen atoms in total. The van der Waals surface area contributed by atoms with Crippen molar-refractivity contribution in [1.82, 2.24) is 0 Å². The third-order valence-electron chi connectivity index (χ3n) is 2.71. The number of rotatable bonds is 4. The Labute approximate surface area is 131 Å². The number of benzene rings is 2. The molecule has 0 aliphatic carbocycles. The van der Waals surface area contributed by atoms with Crippen molar-refractivity contribution in [3.05, 3.63) is 63.2 Å². The Balaban J connectivity index is 2.21. The van der Waals surface area contributed by atoms with E-state index in [1.165, 1.54) is 0 Å². The second-order valence-corrected chi connectivity index (χ2v) is 5.38. The number of hydrogen-bond donors (Lipinski definition) is 1. The van der Waals surface area contributed by atoms with Crippen molar-refractivity contribution in [1.29, 1.82) is 0 Å². The van der Waals surface area contributed by atoms with Gasteiger partial charge in [0.2, 0.25) is 0 Å². The van der Waals surface area contributed by atoms with Crippen LogP contribution in [0.3, 0.4) is 0 Å². The van der Waals surface area contributed by atoms with Gasteiger partial charge < -0.3 is 9.84 Å². The molecule has 2 rings (SSSR count). The van der Waals surface area contributed by atoms with Crippen molar-refractivity contribution >= 4 is 34.6 Å². The van der Waals surface area contributed by atoms with E-state index in [-0.39, 0.29) is 0 Å². The van der Waals surface area contributed by atoms with Gasteiger partial charge in [-0.15, -0.1) is 0 Å². The topological polar surface area (TPSA) is 46.5 Å². The van der Waals surface area contributed by atoms with Gasteiger partial charge in [0.25, 0.3) is 0 Å². The molecule has 0 heterocycles. The molecule has 0 aliphatic rings. The van der Waals surface area contributed by atoms with Crippen molar-refractivity contribution in [2.75, 3.05) is 0 Å². The molecule has 0 bridgehead atoms. The molecule has 4 heteroatoms. The number of carbonyl (C=O) groups is 1. The lowest BCUT2D eigenvalue weighted by atomic mass is 10.1. The van der Waals surface area contributed by atoms with Crippen molar-refractivity contribution in [2.45, 2.75) is 6.92 Å². The van der Waals surface area contributed by atoms with Crippen LogP contribution >= 0.6 is 22.6 Å². The third-order valence-corrected chi connectivity index (χ3v) is 3.60. The Bertz CT molecular complexity index is 663. The zero-order valence-corrected chi connectivity index (χ0v) is 13.0. The molecule has 0 atom stereocenters. The molecule has 0 fully saturated rings. The normalized spacial score (nSPS) is 10.7. The number of ether oxygens (including phenoxy) is 1. The monoisotopic (exact) mass is 380 g/mol. The summed E-state index contributed by atoms with van der Waals surface area (Å²) in [4.78, 5) is 10.5. The second kappa shape index (κ2) is 6.56. The number of carboxylic acids is 1. The predicted molar refractivity (Wildman–Crippen MR) is 87.1 cm³/mol. The minimum atomic E-state index is -0.955. The molecule has 2 aromatic rings. The number of para-hydroxylation sites is 1. The molecule has 0 unspecified atom stereocenters. The standard InChI is InChI=1S/C16H13IO3/c1-11-10-13(8-6-12(11)7-9-16(18)19)20-15-5-3-2-4-14(15)17/h2-10H,1H3,(H,18,19). The Kier molecular flexibility index (Phi) is 4.79. The zero-order valence-electron chi connectivity index (χ0n) is 10.8. The van der Waals surface area contributed by atoms with Gasteiger partial charge in [0.05, 0.1) is 3.57 Å². The van der Waals surface area contributed by atoms with E-state index >= 15 is 0 Å². The predicted octanol–water partition coefficient (Wildman–Crippen LogP) is 4.49. The Hall–Kier alpha value is -1.82. The molecule has 20 heavy (non-hydrogen) atoms. The Morgan fingerprint density at radius 1 is 1.25 bits per heavy atom. The molecule has 0 amide bonds. The highest BCUT2D eigenvalue weighted by atomic mass is 127. The van der Waals surface area contributed by atoms with E-state index in [0.717, 1.165) is 32.3 Å². The van der Waals surface area contributed by atoms with Crippen molar-refractivity contribution in [3.8, 4) is 11.5 Å². The fourth-order valence-electron chi connectivity index (χ4n) is 1.71. The Morgan fingerprint density at radius 3 is 2.65 bits per heavy atom. The van der Waals surface area contributed by atoms with Gasteiger partial charge in [-0.1, -0.05) is 18.2 Å². The van der Waals surface area contributed by atoms with Gasteiger partial charge >= 0.3 is 5.97 Å². The van der Waals surface area contributed by atoms with Gasteiger partial charge in [0.15, 0.2) is 0 Å². The van der Waals surface area contributed by atoms with E-state index in [9.17, 15) is 4.79 Å². The van der Waals surface area contributed by atoms with Gasteiger partial charge in [0, 0.05) is 6.08 Å². The molecule has 0 aromatic heterocycles. The van der Waals surface area contributed by atoms with Gasteiger partial charge in [0.1, 0.15) is 11.5 Å². The van der Waals surface area contributed by atoms with Crippen molar-refractivity contribution in [2.24, 2.45) is 0 Å². The highest BCUT2D eigenvalue weighted by Gasteiger charge is 2.03. The van der Waals surface area contributed by atoms with Crippen LogP contribution in [0.2, 0.25) is 0 Å². The minimum absolute atomic E-state index is 0.735. The van der Waals surface area contributed by atoms with E-state index in [1.54, 1.807) is 6.08 Å². The van der Waals surface area contributed by atoms with Crippen LogP contribution in [0.15, 0.2) is 48.5 Å². The lowest BCUT2D eigenvalue weighted by molar-refractivity contribution is -0.131. The van der Waals surface area contributed by atoms with Crippen LogP contribution in [-0.2, 0) is 4.79 Å². The zero-order chi connectivity index (χ0) is 14.5. The number of carboxylic acid groups (broad SMARTS) is 1. The summed E-state index contributed by atoms with van der Waals surface area (Å²) in [5, 5.41) is 8.63. The summed E-state index contributed by atoms with van der Waals surface area (Å²) in [5.41, 5.74) is 1.83. The van der Waals surface area contributed by atoms with E-state index in [4.69, 9.17) is 9.84 Å². The number of aliphatic carboxylic acids is 1.